The molecular formula is C49H82NO7+. The number of likely N-dealkylation sites (N-methyl/N-ethyl adjacent to an activating group) is 1. The first-order chi connectivity index (χ1) is 27.6. The van der Waals surface area contributed by atoms with Gasteiger partial charge in [-0.2, -0.15) is 0 Å². The summed E-state index contributed by atoms with van der Waals surface area (Å²) in [5.74, 6) is -1.54. The predicted molar refractivity (Wildman–Crippen MR) is 238 cm³/mol. The minimum absolute atomic E-state index is 0.0398. The van der Waals surface area contributed by atoms with Gasteiger partial charge in [-0.3, -0.25) is 9.59 Å². The van der Waals surface area contributed by atoms with Crippen LogP contribution in [0.1, 0.15) is 155 Å². The number of hydrogen-bond acceptors (Lipinski definition) is 6. The van der Waals surface area contributed by atoms with Gasteiger partial charge in [0.15, 0.2) is 12.1 Å². The number of rotatable bonds is 38. The average molecular weight is 797 g/mol. The standard InChI is InChI=1S/C49H81NO7/c1-6-8-10-12-14-16-18-19-20-21-22-23-24-25-26-27-28-30-32-34-36-38-40-48(52)57-45(43-55-42-41-46(49(53)54)50(3,4)5)44-56-47(51)39-37-35-33-31-29-17-15-13-11-9-7-2/h8,10,13-16,19-20,22-23,25-26,28,30,45-46H,6-7,9,11-12,17-18,21,24,27,29,31-44H2,1-5H3/p+1/b10-8+,15-13+,16-14+,20-19+,23-22+,26-25+,30-28+. The molecule has 1 N–H and O–H groups in total. The summed E-state index contributed by atoms with van der Waals surface area (Å²) in [7, 11) is 5.50. The Morgan fingerprint density at radius 2 is 0.982 bits per heavy atom. The van der Waals surface area contributed by atoms with Crippen LogP contribution in [0.3, 0.4) is 0 Å². The summed E-state index contributed by atoms with van der Waals surface area (Å²) in [4.78, 5) is 36.9. The van der Waals surface area contributed by atoms with Crippen LogP contribution in [-0.4, -0.2) is 80.6 Å². The normalized spacial score (nSPS) is 13.8. The molecule has 0 amide bonds. The first-order valence-electron chi connectivity index (χ1n) is 22.1. The van der Waals surface area contributed by atoms with Gasteiger partial charge >= 0.3 is 17.9 Å². The van der Waals surface area contributed by atoms with Gasteiger partial charge in [0, 0.05) is 19.3 Å². The Labute approximate surface area is 348 Å². The van der Waals surface area contributed by atoms with Crippen molar-refractivity contribution in [1.29, 1.82) is 0 Å². The summed E-state index contributed by atoms with van der Waals surface area (Å²) >= 11 is 0. The molecule has 0 aliphatic rings. The van der Waals surface area contributed by atoms with Gasteiger partial charge in [0.05, 0.1) is 34.4 Å². The molecule has 0 bridgehead atoms. The number of carbonyl (C=O) groups excluding carboxylic acids is 2. The van der Waals surface area contributed by atoms with Crippen molar-refractivity contribution in [1.82, 2.24) is 0 Å². The van der Waals surface area contributed by atoms with Crippen molar-refractivity contribution >= 4 is 17.9 Å². The van der Waals surface area contributed by atoms with E-state index in [2.05, 4.69) is 98.9 Å². The molecule has 0 aliphatic heterocycles. The van der Waals surface area contributed by atoms with Crippen LogP contribution in [0, 0.1) is 0 Å². The topological polar surface area (TPSA) is 99.1 Å². The summed E-state index contributed by atoms with van der Waals surface area (Å²) in [6.07, 6.45) is 50.6. The fraction of sp³-hybridized carbons (Fsp3) is 0.653. The highest BCUT2D eigenvalue weighted by Crippen LogP contribution is 2.12. The molecule has 324 valence electrons. The van der Waals surface area contributed by atoms with Crippen LogP contribution in [0.15, 0.2) is 85.1 Å². The number of esters is 2. The maximum atomic E-state index is 12.7. The molecule has 0 heterocycles. The molecule has 0 aromatic heterocycles. The Morgan fingerprint density at radius 1 is 0.544 bits per heavy atom. The second-order valence-electron chi connectivity index (χ2n) is 15.6. The monoisotopic (exact) mass is 797 g/mol. The molecule has 0 fully saturated rings. The maximum Gasteiger partial charge on any atom is 0.362 e. The Kier molecular flexibility index (Phi) is 36.9. The van der Waals surface area contributed by atoms with Gasteiger partial charge in [-0.05, 0) is 83.5 Å². The van der Waals surface area contributed by atoms with Gasteiger partial charge < -0.3 is 23.8 Å². The molecule has 0 aliphatic carbocycles. The van der Waals surface area contributed by atoms with E-state index in [1.165, 1.54) is 25.7 Å². The molecular weight excluding hydrogens is 715 g/mol. The highest BCUT2D eigenvalue weighted by Gasteiger charge is 2.31. The van der Waals surface area contributed by atoms with Crippen molar-refractivity contribution in [3.63, 3.8) is 0 Å². The number of allylic oxidation sites excluding steroid dienone is 14. The highest BCUT2D eigenvalue weighted by atomic mass is 16.6. The zero-order chi connectivity index (χ0) is 42.1. The Hall–Kier alpha value is -3.49. The van der Waals surface area contributed by atoms with Gasteiger partial charge in [0.25, 0.3) is 0 Å². The Morgan fingerprint density at radius 3 is 1.49 bits per heavy atom. The van der Waals surface area contributed by atoms with Crippen LogP contribution in [-0.2, 0) is 28.6 Å². The summed E-state index contributed by atoms with van der Waals surface area (Å²) in [5.41, 5.74) is 0. The third kappa shape index (κ3) is 37.8. The molecule has 0 radical (unpaired) electrons. The third-order valence-corrected chi connectivity index (χ3v) is 9.28. The number of quaternary nitrogens is 1. The number of nitrogens with zero attached hydrogens (tertiary/aromatic N) is 1. The number of carboxylic acid groups (broad SMARTS) is 1. The molecule has 8 heteroatoms. The van der Waals surface area contributed by atoms with Crippen molar-refractivity contribution < 1.29 is 38.2 Å². The molecule has 0 aromatic carbocycles. The van der Waals surface area contributed by atoms with E-state index in [1.54, 1.807) is 0 Å². The van der Waals surface area contributed by atoms with Crippen molar-refractivity contribution in [2.24, 2.45) is 0 Å². The molecule has 2 atom stereocenters. The number of aliphatic carboxylic acids is 1. The van der Waals surface area contributed by atoms with Crippen LogP contribution >= 0.6 is 0 Å². The quantitative estimate of drug-likeness (QED) is 0.0287. The molecule has 0 saturated carbocycles. The van der Waals surface area contributed by atoms with E-state index in [0.29, 0.717) is 19.3 Å². The summed E-state index contributed by atoms with van der Waals surface area (Å²) in [5, 5.41) is 9.61. The van der Waals surface area contributed by atoms with Crippen LogP contribution in [0.4, 0.5) is 0 Å². The van der Waals surface area contributed by atoms with Gasteiger partial charge in [-0.15, -0.1) is 0 Å². The summed E-state index contributed by atoms with van der Waals surface area (Å²) in [6.45, 7) is 4.52. The van der Waals surface area contributed by atoms with E-state index in [1.807, 2.05) is 21.1 Å². The van der Waals surface area contributed by atoms with Gasteiger partial charge in [0.1, 0.15) is 6.61 Å². The lowest BCUT2D eigenvalue weighted by atomic mass is 10.1. The first kappa shape index (κ1) is 53.5. The number of carbonyl (C=O) groups is 3. The Bertz CT molecular complexity index is 1200. The third-order valence-electron chi connectivity index (χ3n) is 9.28. The summed E-state index contributed by atoms with van der Waals surface area (Å²) < 4.78 is 17.2. The first-order valence-corrected chi connectivity index (χ1v) is 22.1. The number of unbranched alkanes of at least 4 members (excludes halogenated alkanes) is 10. The van der Waals surface area contributed by atoms with Gasteiger partial charge in [-0.1, -0.05) is 137 Å². The second kappa shape index (κ2) is 39.3. The molecule has 0 aromatic rings. The fourth-order valence-electron chi connectivity index (χ4n) is 5.84. The van der Waals surface area contributed by atoms with Gasteiger partial charge in [-0.25, -0.2) is 4.79 Å². The average Bonchev–Trinajstić information content (AvgIpc) is 3.17. The smallest absolute Gasteiger partial charge is 0.362 e. The van der Waals surface area contributed by atoms with E-state index < -0.39 is 18.1 Å². The molecule has 0 saturated heterocycles. The van der Waals surface area contributed by atoms with Crippen molar-refractivity contribution in [3.8, 4) is 0 Å². The zero-order valence-electron chi connectivity index (χ0n) is 36.8. The number of carboxylic acids is 1. The van der Waals surface area contributed by atoms with Crippen LogP contribution in [0.2, 0.25) is 0 Å². The van der Waals surface area contributed by atoms with E-state index in [4.69, 9.17) is 14.2 Å². The minimum atomic E-state index is -0.886. The predicted octanol–water partition coefficient (Wildman–Crippen LogP) is 12.1. The minimum Gasteiger partial charge on any atom is -0.477 e. The van der Waals surface area contributed by atoms with Crippen molar-refractivity contribution in [3.05, 3.63) is 85.1 Å². The van der Waals surface area contributed by atoms with Crippen molar-refractivity contribution in [2.45, 2.75) is 167 Å². The van der Waals surface area contributed by atoms with E-state index >= 15 is 0 Å². The molecule has 0 rings (SSSR count). The summed E-state index contributed by atoms with van der Waals surface area (Å²) in [6, 6.07) is -0.626. The lowest BCUT2D eigenvalue weighted by molar-refractivity contribution is -0.887. The Balaban J connectivity index is 4.41. The van der Waals surface area contributed by atoms with Crippen molar-refractivity contribution in [2.75, 3.05) is 41.0 Å². The number of hydrogen-bond donors (Lipinski definition) is 1. The highest BCUT2D eigenvalue weighted by molar-refractivity contribution is 5.72. The second-order valence-corrected chi connectivity index (χ2v) is 15.6. The van der Waals surface area contributed by atoms with Crippen LogP contribution < -0.4 is 0 Å². The molecule has 8 nitrogen and oxygen atoms in total. The SMILES string of the molecule is CC/C=C/C/C=C/C/C=C/C/C=C/C/C=C/C/C=C/CCCCCC(=O)OC(COCCC(C(=O)O)[N+](C)(C)C)COC(=O)CCCCCCC/C=C/CCCC. The van der Waals surface area contributed by atoms with E-state index in [9.17, 15) is 19.5 Å². The molecule has 2 unspecified atom stereocenters. The molecule has 57 heavy (non-hydrogen) atoms. The number of ether oxygens (including phenoxy) is 3. The van der Waals surface area contributed by atoms with Gasteiger partial charge in [0.2, 0.25) is 0 Å². The van der Waals surface area contributed by atoms with E-state index in [0.717, 1.165) is 89.9 Å². The fourth-order valence-corrected chi connectivity index (χ4v) is 5.84. The maximum absolute atomic E-state index is 12.7. The largest absolute Gasteiger partial charge is 0.477 e. The lowest BCUT2D eigenvalue weighted by Gasteiger charge is -2.31. The van der Waals surface area contributed by atoms with Crippen LogP contribution in [0.25, 0.3) is 0 Å². The van der Waals surface area contributed by atoms with E-state index in [-0.39, 0.29) is 42.7 Å². The van der Waals surface area contributed by atoms with Crippen LogP contribution in [0.5, 0.6) is 0 Å². The lowest BCUT2D eigenvalue weighted by Crippen LogP contribution is -2.50. The molecule has 0 spiro atoms. The zero-order valence-corrected chi connectivity index (χ0v) is 36.8.